The molecule has 0 spiro atoms. The molecule has 0 aliphatic carbocycles. The SMILES string of the molecule is O=C(Nc1ccc(-c2ccc(=O)[nH]n2)cc1)C1CCN(c2ccc(-c3cccs3)nn2)CC1. The van der Waals surface area contributed by atoms with E-state index in [0.717, 1.165) is 53.6 Å². The van der Waals surface area contributed by atoms with E-state index >= 15 is 0 Å². The molecule has 4 heterocycles. The number of piperidine rings is 1. The van der Waals surface area contributed by atoms with Crippen LogP contribution in [0.2, 0.25) is 0 Å². The minimum atomic E-state index is -0.240. The summed E-state index contributed by atoms with van der Waals surface area (Å²) in [7, 11) is 0. The number of nitrogens with zero attached hydrogens (tertiary/aromatic N) is 4. The van der Waals surface area contributed by atoms with Crippen LogP contribution in [0.5, 0.6) is 0 Å². The third-order valence-corrected chi connectivity index (χ3v) is 6.63. The standard InChI is InChI=1S/C24H22N6O2S/c31-23-10-8-19(26-29-23)16-3-5-18(6-4-16)25-24(32)17-11-13-30(14-12-17)22-9-7-20(27-28-22)21-2-1-15-33-21/h1-10,15,17H,11-14H2,(H,25,32)(H,29,31). The largest absolute Gasteiger partial charge is 0.355 e. The van der Waals surface area contributed by atoms with Crippen LogP contribution in [-0.4, -0.2) is 39.4 Å². The lowest BCUT2D eigenvalue weighted by atomic mass is 9.95. The van der Waals surface area contributed by atoms with Crippen molar-refractivity contribution in [1.82, 2.24) is 20.4 Å². The van der Waals surface area contributed by atoms with Crippen LogP contribution in [0.15, 0.2) is 70.8 Å². The summed E-state index contributed by atoms with van der Waals surface area (Å²) in [5.41, 5.74) is 2.92. The first-order valence-corrected chi connectivity index (χ1v) is 11.6. The fourth-order valence-corrected chi connectivity index (χ4v) is 4.58. The maximum atomic E-state index is 12.8. The van der Waals surface area contributed by atoms with Crippen LogP contribution in [0.25, 0.3) is 21.8 Å². The van der Waals surface area contributed by atoms with Gasteiger partial charge >= 0.3 is 0 Å². The summed E-state index contributed by atoms with van der Waals surface area (Å²) in [4.78, 5) is 27.2. The minimum absolute atomic E-state index is 0.0312. The van der Waals surface area contributed by atoms with E-state index in [4.69, 9.17) is 0 Å². The molecule has 0 saturated carbocycles. The van der Waals surface area contributed by atoms with Crippen molar-refractivity contribution in [2.75, 3.05) is 23.3 Å². The van der Waals surface area contributed by atoms with E-state index in [2.05, 4.69) is 30.6 Å². The molecule has 5 rings (SSSR count). The summed E-state index contributed by atoms with van der Waals surface area (Å²) in [5.74, 6) is 0.837. The van der Waals surface area contributed by atoms with Crippen molar-refractivity contribution in [2.24, 2.45) is 5.92 Å². The van der Waals surface area contributed by atoms with Crippen LogP contribution >= 0.6 is 11.3 Å². The van der Waals surface area contributed by atoms with Gasteiger partial charge in [0.2, 0.25) is 5.91 Å². The molecule has 2 N–H and O–H groups in total. The van der Waals surface area contributed by atoms with Gasteiger partial charge in [-0.05, 0) is 54.6 Å². The first-order chi connectivity index (χ1) is 16.2. The van der Waals surface area contributed by atoms with E-state index in [-0.39, 0.29) is 17.4 Å². The van der Waals surface area contributed by atoms with Gasteiger partial charge in [0, 0.05) is 36.3 Å². The summed E-state index contributed by atoms with van der Waals surface area (Å²) >= 11 is 1.65. The lowest BCUT2D eigenvalue weighted by molar-refractivity contribution is -0.120. The zero-order chi connectivity index (χ0) is 22.6. The molecule has 1 fully saturated rings. The van der Waals surface area contributed by atoms with E-state index in [1.165, 1.54) is 6.07 Å². The molecule has 0 unspecified atom stereocenters. The van der Waals surface area contributed by atoms with Gasteiger partial charge < -0.3 is 10.2 Å². The van der Waals surface area contributed by atoms with Gasteiger partial charge in [-0.25, -0.2) is 5.10 Å². The molecule has 33 heavy (non-hydrogen) atoms. The molecule has 8 nitrogen and oxygen atoms in total. The second kappa shape index (κ2) is 9.33. The van der Waals surface area contributed by atoms with Gasteiger partial charge in [0.25, 0.3) is 5.56 Å². The van der Waals surface area contributed by atoms with Crippen LogP contribution in [0.1, 0.15) is 12.8 Å². The second-order valence-corrected chi connectivity index (χ2v) is 8.84. The molecule has 3 aromatic heterocycles. The molecule has 0 radical (unpaired) electrons. The van der Waals surface area contributed by atoms with Crippen molar-refractivity contribution in [2.45, 2.75) is 12.8 Å². The fourth-order valence-electron chi connectivity index (χ4n) is 3.89. The van der Waals surface area contributed by atoms with Gasteiger partial charge in [0.15, 0.2) is 5.82 Å². The van der Waals surface area contributed by atoms with Gasteiger partial charge in [-0.15, -0.1) is 21.5 Å². The van der Waals surface area contributed by atoms with E-state index in [9.17, 15) is 9.59 Å². The highest BCUT2D eigenvalue weighted by atomic mass is 32.1. The Bertz CT molecular complexity index is 1260. The average molecular weight is 459 g/mol. The number of benzene rings is 1. The summed E-state index contributed by atoms with van der Waals surface area (Å²) < 4.78 is 0. The number of hydrogen-bond donors (Lipinski definition) is 2. The van der Waals surface area contributed by atoms with Gasteiger partial charge in [0.05, 0.1) is 10.6 Å². The number of carbonyl (C=O) groups is 1. The van der Waals surface area contributed by atoms with Gasteiger partial charge in [-0.3, -0.25) is 9.59 Å². The van der Waals surface area contributed by atoms with Crippen LogP contribution in [0.3, 0.4) is 0 Å². The molecule has 0 atom stereocenters. The Morgan fingerprint density at radius 1 is 0.970 bits per heavy atom. The van der Waals surface area contributed by atoms with E-state index < -0.39 is 0 Å². The van der Waals surface area contributed by atoms with E-state index in [1.807, 2.05) is 53.9 Å². The van der Waals surface area contributed by atoms with Gasteiger partial charge in [-0.1, -0.05) is 18.2 Å². The normalized spacial score (nSPS) is 14.2. The van der Waals surface area contributed by atoms with Crippen LogP contribution in [-0.2, 0) is 4.79 Å². The van der Waals surface area contributed by atoms with Crippen molar-refractivity contribution in [3.05, 3.63) is 76.4 Å². The van der Waals surface area contributed by atoms with Crippen LogP contribution < -0.4 is 15.8 Å². The number of anilines is 2. The molecule has 1 aliphatic heterocycles. The third-order valence-electron chi connectivity index (χ3n) is 5.74. The van der Waals surface area contributed by atoms with Crippen molar-refractivity contribution in [3.63, 3.8) is 0 Å². The van der Waals surface area contributed by atoms with Crippen molar-refractivity contribution in [3.8, 4) is 21.8 Å². The summed E-state index contributed by atoms with van der Waals surface area (Å²) in [6.45, 7) is 1.53. The Labute approximate surface area is 194 Å². The summed E-state index contributed by atoms with van der Waals surface area (Å²) in [6.07, 6.45) is 1.53. The van der Waals surface area contributed by atoms with Crippen LogP contribution in [0.4, 0.5) is 11.5 Å². The van der Waals surface area contributed by atoms with E-state index in [0.29, 0.717) is 5.69 Å². The number of hydrogen-bond acceptors (Lipinski definition) is 7. The predicted octanol–water partition coefficient (Wildman–Crippen LogP) is 3.81. The number of aromatic nitrogens is 4. The quantitative estimate of drug-likeness (QED) is 0.471. The Morgan fingerprint density at radius 3 is 2.39 bits per heavy atom. The maximum Gasteiger partial charge on any atom is 0.264 e. The molecule has 1 saturated heterocycles. The monoisotopic (exact) mass is 458 g/mol. The molecular formula is C24H22N6O2S. The molecule has 1 aliphatic rings. The van der Waals surface area contributed by atoms with Crippen LogP contribution in [0, 0.1) is 5.92 Å². The second-order valence-electron chi connectivity index (χ2n) is 7.89. The molecule has 9 heteroatoms. The first kappa shape index (κ1) is 21.0. The zero-order valence-electron chi connectivity index (χ0n) is 17.8. The molecule has 1 amide bonds. The topological polar surface area (TPSA) is 104 Å². The molecule has 1 aromatic carbocycles. The summed E-state index contributed by atoms with van der Waals surface area (Å²) in [5, 5.41) is 20.2. The number of thiophene rings is 1. The van der Waals surface area contributed by atoms with Crippen molar-refractivity contribution >= 4 is 28.7 Å². The molecule has 0 bridgehead atoms. The van der Waals surface area contributed by atoms with E-state index in [1.54, 1.807) is 17.4 Å². The zero-order valence-corrected chi connectivity index (χ0v) is 18.6. The smallest absolute Gasteiger partial charge is 0.264 e. The van der Waals surface area contributed by atoms with Gasteiger partial charge in [0.1, 0.15) is 5.69 Å². The van der Waals surface area contributed by atoms with Gasteiger partial charge in [-0.2, -0.15) is 5.10 Å². The number of aromatic amines is 1. The summed E-state index contributed by atoms with van der Waals surface area (Å²) in [6, 6.07) is 18.6. The highest BCUT2D eigenvalue weighted by molar-refractivity contribution is 7.13. The van der Waals surface area contributed by atoms with Crippen molar-refractivity contribution < 1.29 is 4.79 Å². The average Bonchev–Trinajstić information content (AvgIpc) is 3.40. The fraction of sp³-hybridized carbons (Fsp3) is 0.208. The lowest BCUT2D eigenvalue weighted by Gasteiger charge is -2.31. The number of amides is 1. The first-order valence-electron chi connectivity index (χ1n) is 10.8. The molecular weight excluding hydrogens is 436 g/mol. The molecule has 4 aromatic rings. The third kappa shape index (κ3) is 4.83. The highest BCUT2D eigenvalue weighted by Crippen LogP contribution is 2.26. The molecule has 166 valence electrons. The Hall–Kier alpha value is -3.85. The lowest BCUT2D eigenvalue weighted by Crippen LogP contribution is -2.38. The number of H-pyrrole nitrogens is 1. The van der Waals surface area contributed by atoms with Crippen molar-refractivity contribution in [1.29, 1.82) is 0 Å². The number of rotatable bonds is 5. The number of nitrogens with one attached hydrogen (secondary N) is 2. The minimum Gasteiger partial charge on any atom is -0.355 e. The number of carbonyl (C=O) groups excluding carboxylic acids is 1. The Kier molecular flexibility index (Phi) is 5.95. The highest BCUT2D eigenvalue weighted by Gasteiger charge is 2.26. The maximum absolute atomic E-state index is 12.8. The Morgan fingerprint density at radius 2 is 1.76 bits per heavy atom. The Balaban J connectivity index is 1.15. The predicted molar refractivity (Wildman–Crippen MR) is 129 cm³/mol.